The predicted molar refractivity (Wildman–Crippen MR) is 65.6 cm³/mol. The summed E-state index contributed by atoms with van der Waals surface area (Å²) in [7, 11) is 0. The Bertz CT molecular complexity index is 585. The minimum atomic E-state index is -1.50. The van der Waals surface area contributed by atoms with Crippen LogP contribution < -0.4 is 5.32 Å². The number of furan rings is 1. The molecule has 1 unspecified atom stereocenters. The van der Waals surface area contributed by atoms with Crippen LogP contribution in [0.1, 0.15) is 24.1 Å². The lowest BCUT2D eigenvalue weighted by Crippen LogP contribution is -2.23. The normalized spacial score (nSPS) is 12.7. The first-order valence-electron chi connectivity index (χ1n) is 5.66. The number of halogens is 4. The second-order valence-electron chi connectivity index (χ2n) is 3.90. The van der Waals surface area contributed by atoms with Crippen molar-refractivity contribution < 1.29 is 17.6 Å². The molecule has 1 aromatic carbocycles. The molecule has 2 nitrogen and oxygen atoms in total. The van der Waals surface area contributed by atoms with Gasteiger partial charge in [-0.3, -0.25) is 0 Å². The zero-order chi connectivity index (χ0) is 14.0. The lowest BCUT2D eigenvalue weighted by Gasteiger charge is -2.18. The Balaban J connectivity index is 2.52. The molecule has 6 heteroatoms. The maximum Gasteiger partial charge on any atom is 0.198 e. The minimum absolute atomic E-state index is 0.0240. The van der Waals surface area contributed by atoms with E-state index in [4.69, 9.17) is 16.0 Å². The van der Waals surface area contributed by atoms with Gasteiger partial charge in [0.25, 0.3) is 0 Å². The highest BCUT2D eigenvalue weighted by Crippen LogP contribution is 2.31. The highest BCUT2D eigenvalue weighted by Gasteiger charge is 2.24. The van der Waals surface area contributed by atoms with Crippen molar-refractivity contribution in [2.75, 3.05) is 6.54 Å². The topological polar surface area (TPSA) is 25.2 Å². The van der Waals surface area contributed by atoms with Gasteiger partial charge in [0, 0.05) is 11.1 Å². The van der Waals surface area contributed by atoms with Gasteiger partial charge in [-0.15, -0.1) is 0 Å². The Morgan fingerprint density at radius 3 is 2.47 bits per heavy atom. The van der Waals surface area contributed by atoms with Crippen LogP contribution in [0.25, 0.3) is 0 Å². The van der Waals surface area contributed by atoms with Crippen molar-refractivity contribution >= 4 is 11.6 Å². The van der Waals surface area contributed by atoms with Crippen molar-refractivity contribution in [1.82, 2.24) is 5.32 Å². The third kappa shape index (κ3) is 2.62. The molecule has 2 aromatic rings. The summed E-state index contributed by atoms with van der Waals surface area (Å²) in [6, 6.07) is 2.92. The van der Waals surface area contributed by atoms with Gasteiger partial charge in [-0.1, -0.05) is 13.0 Å². The van der Waals surface area contributed by atoms with Gasteiger partial charge >= 0.3 is 0 Å². The van der Waals surface area contributed by atoms with Gasteiger partial charge < -0.3 is 9.73 Å². The van der Waals surface area contributed by atoms with Crippen LogP contribution in [0.5, 0.6) is 0 Å². The fraction of sp³-hybridized carbons (Fsp3) is 0.231. The average molecular weight is 290 g/mol. The molecule has 2 rings (SSSR count). The van der Waals surface area contributed by atoms with Crippen LogP contribution in [-0.2, 0) is 0 Å². The number of nitrogens with one attached hydrogen (secondary N) is 1. The van der Waals surface area contributed by atoms with Gasteiger partial charge in [0.1, 0.15) is 0 Å². The molecule has 0 fully saturated rings. The van der Waals surface area contributed by atoms with Gasteiger partial charge in [-0.25, -0.2) is 13.2 Å². The SMILES string of the molecule is CCNC(c1ccoc1Cl)c1ccc(F)c(F)c1F. The van der Waals surface area contributed by atoms with Crippen molar-refractivity contribution in [1.29, 1.82) is 0 Å². The highest BCUT2D eigenvalue weighted by atomic mass is 35.5. The lowest BCUT2D eigenvalue weighted by atomic mass is 10.00. The van der Waals surface area contributed by atoms with E-state index in [1.54, 1.807) is 13.0 Å². The molecule has 0 spiro atoms. The predicted octanol–water partition coefficient (Wildman–Crippen LogP) is 4.05. The van der Waals surface area contributed by atoms with E-state index in [1.807, 2.05) is 0 Å². The van der Waals surface area contributed by atoms with Gasteiger partial charge in [-0.05, 0) is 30.3 Å². The van der Waals surface area contributed by atoms with Crippen LogP contribution in [0.3, 0.4) is 0 Å². The maximum atomic E-state index is 13.8. The Labute approximate surface area is 113 Å². The van der Waals surface area contributed by atoms with E-state index in [-0.39, 0.29) is 10.8 Å². The van der Waals surface area contributed by atoms with E-state index in [0.29, 0.717) is 12.1 Å². The molecule has 102 valence electrons. The van der Waals surface area contributed by atoms with Gasteiger partial charge in [0.15, 0.2) is 22.7 Å². The number of hydrogen-bond acceptors (Lipinski definition) is 2. The first-order chi connectivity index (χ1) is 9.06. The monoisotopic (exact) mass is 289 g/mol. The first kappa shape index (κ1) is 14.0. The summed E-state index contributed by atoms with van der Waals surface area (Å²) in [6.45, 7) is 2.30. The number of hydrogen-bond donors (Lipinski definition) is 1. The summed E-state index contributed by atoms with van der Waals surface area (Å²) in [5, 5.41) is 3.03. The molecule has 0 radical (unpaired) electrons. The summed E-state index contributed by atoms with van der Waals surface area (Å²) in [5.74, 6) is -3.96. The van der Waals surface area contributed by atoms with Crippen molar-refractivity contribution in [3.63, 3.8) is 0 Å². The van der Waals surface area contributed by atoms with Crippen molar-refractivity contribution in [3.8, 4) is 0 Å². The molecular formula is C13H11ClF3NO. The van der Waals surface area contributed by atoms with Crippen LogP contribution in [0, 0.1) is 17.5 Å². The van der Waals surface area contributed by atoms with Crippen LogP contribution >= 0.6 is 11.6 Å². The summed E-state index contributed by atoms with van der Waals surface area (Å²) in [5.41, 5.74) is 0.442. The fourth-order valence-electron chi connectivity index (χ4n) is 1.87. The Kier molecular flexibility index (Phi) is 4.17. The summed E-state index contributed by atoms with van der Waals surface area (Å²) >= 11 is 5.85. The molecule has 0 bridgehead atoms. The van der Waals surface area contributed by atoms with Crippen LogP contribution in [0.15, 0.2) is 28.9 Å². The van der Waals surface area contributed by atoms with Gasteiger partial charge in [-0.2, -0.15) is 0 Å². The minimum Gasteiger partial charge on any atom is -0.453 e. The molecule has 0 aliphatic rings. The van der Waals surface area contributed by atoms with E-state index in [9.17, 15) is 13.2 Å². The Morgan fingerprint density at radius 1 is 1.16 bits per heavy atom. The quantitative estimate of drug-likeness (QED) is 0.859. The molecule has 1 atom stereocenters. The third-order valence-electron chi connectivity index (χ3n) is 2.74. The second-order valence-corrected chi connectivity index (χ2v) is 4.25. The molecule has 0 saturated carbocycles. The number of benzene rings is 1. The zero-order valence-corrected chi connectivity index (χ0v) is 10.8. The second kappa shape index (κ2) is 5.67. The summed E-state index contributed by atoms with van der Waals surface area (Å²) in [4.78, 5) is 0. The van der Waals surface area contributed by atoms with Crippen LogP contribution in [-0.4, -0.2) is 6.54 Å². The summed E-state index contributed by atoms with van der Waals surface area (Å²) in [6.07, 6.45) is 1.35. The Morgan fingerprint density at radius 2 is 1.89 bits per heavy atom. The summed E-state index contributed by atoms with van der Waals surface area (Å²) < 4.78 is 45.0. The highest BCUT2D eigenvalue weighted by molar-refractivity contribution is 6.29. The van der Waals surface area contributed by atoms with E-state index >= 15 is 0 Å². The van der Waals surface area contributed by atoms with Crippen molar-refractivity contribution in [2.24, 2.45) is 0 Å². The third-order valence-corrected chi connectivity index (χ3v) is 3.05. The van der Waals surface area contributed by atoms with Gasteiger partial charge in [0.2, 0.25) is 0 Å². The fourth-order valence-corrected chi connectivity index (χ4v) is 2.09. The van der Waals surface area contributed by atoms with Gasteiger partial charge in [0.05, 0.1) is 12.3 Å². The van der Waals surface area contributed by atoms with Crippen molar-refractivity contribution in [2.45, 2.75) is 13.0 Å². The lowest BCUT2D eigenvalue weighted by molar-refractivity contribution is 0.433. The molecule has 0 aliphatic carbocycles. The standard InChI is InChI=1S/C13H11ClF3NO/c1-2-18-12(8-5-6-19-13(8)14)7-3-4-9(15)11(17)10(7)16/h3-6,12,18H,2H2,1H3. The molecule has 0 saturated heterocycles. The van der Waals surface area contributed by atoms with E-state index in [2.05, 4.69) is 5.32 Å². The molecule has 1 heterocycles. The number of rotatable bonds is 4. The zero-order valence-electron chi connectivity index (χ0n) is 10.0. The molecule has 1 aromatic heterocycles. The Hall–Kier alpha value is -1.46. The first-order valence-corrected chi connectivity index (χ1v) is 6.03. The molecule has 1 N–H and O–H groups in total. The van der Waals surface area contributed by atoms with E-state index < -0.39 is 23.5 Å². The molecular weight excluding hydrogens is 279 g/mol. The largest absolute Gasteiger partial charge is 0.453 e. The average Bonchev–Trinajstić information content (AvgIpc) is 2.80. The molecule has 0 amide bonds. The molecule has 0 aliphatic heterocycles. The van der Waals surface area contributed by atoms with Crippen LogP contribution in [0.2, 0.25) is 5.22 Å². The van der Waals surface area contributed by atoms with E-state index in [0.717, 1.165) is 6.07 Å². The maximum absolute atomic E-state index is 13.8. The van der Waals surface area contributed by atoms with E-state index in [1.165, 1.54) is 12.3 Å². The van der Waals surface area contributed by atoms with Crippen molar-refractivity contribution in [3.05, 3.63) is 58.3 Å². The smallest absolute Gasteiger partial charge is 0.198 e. The molecule has 19 heavy (non-hydrogen) atoms. The van der Waals surface area contributed by atoms with Crippen LogP contribution in [0.4, 0.5) is 13.2 Å².